The number of carboxylic acid groups (broad SMARTS) is 1. The van der Waals surface area contributed by atoms with Crippen molar-refractivity contribution in [1.29, 1.82) is 0 Å². The van der Waals surface area contributed by atoms with Crippen molar-refractivity contribution >= 4 is 11.9 Å². The summed E-state index contributed by atoms with van der Waals surface area (Å²) < 4.78 is 5.63. The number of nitrogens with zero attached hydrogens (tertiary/aromatic N) is 1. The Kier molecular flexibility index (Phi) is 4.61. The van der Waals surface area contributed by atoms with Crippen LogP contribution in [0.1, 0.15) is 48.9 Å². The largest absolute Gasteiger partial charge is 0.481 e. The van der Waals surface area contributed by atoms with Crippen LogP contribution in [0.25, 0.3) is 11.5 Å². The van der Waals surface area contributed by atoms with E-state index in [1.54, 1.807) is 13.8 Å². The maximum Gasteiger partial charge on any atom is 0.308 e. The number of nitrogens with one attached hydrogen (secondary N) is 1. The maximum absolute atomic E-state index is 12.7. The Morgan fingerprint density at radius 2 is 2.00 bits per heavy atom. The van der Waals surface area contributed by atoms with Gasteiger partial charge < -0.3 is 14.8 Å². The van der Waals surface area contributed by atoms with E-state index in [1.165, 1.54) is 0 Å². The van der Waals surface area contributed by atoms with Crippen LogP contribution in [0.4, 0.5) is 0 Å². The summed E-state index contributed by atoms with van der Waals surface area (Å²) in [6, 6.07) is 9.35. The first-order chi connectivity index (χ1) is 11.9. The second-order valence-corrected chi connectivity index (χ2v) is 6.80. The molecule has 1 aromatic carbocycles. The van der Waals surface area contributed by atoms with Gasteiger partial charge in [0.2, 0.25) is 5.89 Å². The minimum atomic E-state index is -0.871. The van der Waals surface area contributed by atoms with Gasteiger partial charge >= 0.3 is 5.97 Å². The van der Waals surface area contributed by atoms with Crippen LogP contribution in [0.5, 0.6) is 0 Å². The first-order valence-corrected chi connectivity index (χ1v) is 8.49. The summed E-state index contributed by atoms with van der Waals surface area (Å²) in [7, 11) is 0. The highest BCUT2D eigenvalue weighted by Crippen LogP contribution is 2.34. The topological polar surface area (TPSA) is 92.4 Å². The summed E-state index contributed by atoms with van der Waals surface area (Å²) in [6.45, 7) is 3.49. The smallest absolute Gasteiger partial charge is 0.308 e. The molecule has 132 valence electrons. The van der Waals surface area contributed by atoms with Gasteiger partial charge in [0.25, 0.3) is 5.91 Å². The minimum Gasteiger partial charge on any atom is -0.481 e. The van der Waals surface area contributed by atoms with Crippen LogP contribution in [-0.2, 0) is 4.79 Å². The van der Waals surface area contributed by atoms with Gasteiger partial charge in [-0.15, -0.1) is 0 Å². The van der Waals surface area contributed by atoms with Crippen LogP contribution in [0, 0.1) is 12.8 Å². The van der Waals surface area contributed by atoms with Gasteiger partial charge in [-0.2, -0.15) is 0 Å². The average Bonchev–Trinajstić information content (AvgIpc) is 2.97. The molecule has 2 atom stereocenters. The average molecular weight is 342 g/mol. The molecule has 1 heterocycles. The zero-order valence-electron chi connectivity index (χ0n) is 14.4. The SMILES string of the molecule is Cc1oc(-c2ccccc2)nc1C(=O)NC1(C)CCCCC1C(=O)O. The van der Waals surface area contributed by atoms with Crippen LogP contribution < -0.4 is 5.32 Å². The van der Waals surface area contributed by atoms with Crippen molar-refractivity contribution in [2.45, 2.75) is 45.1 Å². The standard InChI is InChI=1S/C19H22N2O4/c1-12-15(20-17(25-12)13-8-4-3-5-9-13)16(22)21-19(2)11-7-6-10-14(19)18(23)24/h3-5,8-9,14H,6-7,10-11H2,1-2H3,(H,21,22)(H,23,24). The van der Waals surface area contributed by atoms with E-state index in [-0.39, 0.29) is 11.6 Å². The van der Waals surface area contributed by atoms with Gasteiger partial charge in [0.15, 0.2) is 5.69 Å². The minimum absolute atomic E-state index is 0.204. The number of rotatable bonds is 4. The van der Waals surface area contributed by atoms with Crippen LogP contribution in [-0.4, -0.2) is 27.5 Å². The van der Waals surface area contributed by atoms with E-state index in [2.05, 4.69) is 10.3 Å². The molecule has 1 amide bonds. The van der Waals surface area contributed by atoms with Crippen molar-refractivity contribution in [2.75, 3.05) is 0 Å². The number of oxazole rings is 1. The lowest BCUT2D eigenvalue weighted by Crippen LogP contribution is -2.55. The number of aryl methyl sites for hydroxylation is 1. The van der Waals surface area contributed by atoms with Crippen LogP contribution >= 0.6 is 0 Å². The Bertz CT molecular complexity index is 784. The molecule has 1 aliphatic carbocycles. The highest BCUT2D eigenvalue weighted by atomic mass is 16.4. The van der Waals surface area contributed by atoms with E-state index in [1.807, 2.05) is 30.3 Å². The predicted octanol–water partition coefficient (Wildman–Crippen LogP) is 3.41. The van der Waals surface area contributed by atoms with Gasteiger partial charge in [0.1, 0.15) is 5.76 Å². The first-order valence-electron chi connectivity index (χ1n) is 8.49. The van der Waals surface area contributed by atoms with E-state index in [0.29, 0.717) is 24.5 Å². The van der Waals surface area contributed by atoms with Crippen LogP contribution in [0.2, 0.25) is 0 Å². The molecule has 0 aliphatic heterocycles. The summed E-state index contributed by atoms with van der Waals surface area (Å²) in [5.74, 6) is -1.05. The molecule has 2 N–H and O–H groups in total. The third-order valence-corrected chi connectivity index (χ3v) is 4.94. The number of aromatic nitrogens is 1. The van der Waals surface area contributed by atoms with Crippen molar-refractivity contribution in [3.8, 4) is 11.5 Å². The lowest BCUT2D eigenvalue weighted by Gasteiger charge is -2.39. The van der Waals surface area contributed by atoms with Gasteiger partial charge in [-0.05, 0) is 38.8 Å². The molecule has 6 heteroatoms. The number of hydrogen-bond acceptors (Lipinski definition) is 4. The Labute approximate surface area is 146 Å². The van der Waals surface area contributed by atoms with Gasteiger partial charge in [0, 0.05) is 5.56 Å². The Morgan fingerprint density at radius 1 is 1.28 bits per heavy atom. The van der Waals surface area contributed by atoms with Gasteiger partial charge in [-0.3, -0.25) is 9.59 Å². The fourth-order valence-electron chi connectivity index (χ4n) is 3.51. The number of hydrogen-bond donors (Lipinski definition) is 2. The predicted molar refractivity (Wildman–Crippen MR) is 92.1 cm³/mol. The van der Waals surface area contributed by atoms with Crippen molar-refractivity contribution in [3.63, 3.8) is 0 Å². The molecule has 0 spiro atoms. The quantitative estimate of drug-likeness (QED) is 0.888. The number of benzene rings is 1. The summed E-state index contributed by atoms with van der Waals surface area (Å²) in [4.78, 5) is 28.6. The van der Waals surface area contributed by atoms with E-state index in [9.17, 15) is 14.7 Å². The highest BCUT2D eigenvalue weighted by Gasteiger charge is 2.42. The van der Waals surface area contributed by atoms with E-state index in [0.717, 1.165) is 18.4 Å². The summed E-state index contributed by atoms with van der Waals surface area (Å²) >= 11 is 0. The molecule has 6 nitrogen and oxygen atoms in total. The fraction of sp³-hybridized carbons (Fsp3) is 0.421. The monoisotopic (exact) mass is 342 g/mol. The first kappa shape index (κ1) is 17.2. The number of carboxylic acids is 1. The van der Waals surface area contributed by atoms with Crippen molar-refractivity contribution < 1.29 is 19.1 Å². The fourth-order valence-corrected chi connectivity index (χ4v) is 3.51. The lowest BCUT2D eigenvalue weighted by atomic mass is 9.74. The summed E-state index contributed by atoms with van der Waals surface area (Å²) in [6.07, 6.45) is 2.97. The molecule has 25 heavy (non-hydrogen) atoms. The molecule has 1 saturated carbocycles. The number of carbonyl (C=O) groups excluding carboxylic acids is 1. The van der Waals surface area contributed by atoms with Crippen molar-refractivity contribution in [1.82, 2.24) is 10.3 Å². The van der Waals surface area contributed by atoms with E-state index < -0.39 is 17.4 Å². The molecule has 0 bridgehead atoms. The van der Waals surface area contributed by atoms with Crippen molar-refractivity contribution in [3.05, 3.63) is 41.8 Å². The van der Waals surface area contributed by atoms with Crippen LogP contribution in [0.15, 0.2) is 34.7 Å². The molecule has 2 aromatic rings. The normalized spacial score (nSPS) is 23.2. The maximum atomic E-state index is 12.7. The molecule has 1 aromatic heterocycles. The number of amides is 1. The molecule has 0 radical (unpaired) electrons. The Hall–Kier alpha value is -2.63. The van der Waals surface area contributed by atoms with Crippen LogP contribution in [0.3, 0.4) is 0 Å². The zero-order chi connectivity index (χ0) is 18.0. The van der Waals surface area contributed by atoms with E-state index >= 15 is 0 Å². The van der Waals surface area contributed by atoms with E-state index in [4.69, 9.17) is 4.42 Å². The second-order valence-electron chi connectivity index (χ2n) is 6.80. The Balaban J connectivity index is 1.84. The molecule has 3 rings (SSSR count). The summed E-state index contributed by atoms with van der Waals surface area (Å²) in [5.41, 5.74) is 0.214. The van der Waals surface area contributed by atoms with Gasteiger partial charge in [0.05, 0.1) is 11.5 Å². The zero-order valence-corrected chi connectivity index (χ0v) is 14.4. The molecule has 2 unspecified atom stereocenters. The molecule has 1 aliphatic rings. The molecular formula is C19H22N2O4. The third kappa shape index (κ3) is 3.43. The third-order valence-electron chi connectivity index (χ3n) is 4.94. The molecular weight excluding hydrogens is 320 g/mol. The summed E-state index contributed by atoms with van der Waals surface area (Å²) in [5, 5.41) is 12.4. The number of aliphatic carboxylic acids is 1. The van der Waals surface area contributed by atoms with Gasteiger partial charge in [-0.1, -0.05) is 31.0 Å². The Morgan fingerprint density at radius 3 is 2.68 bits per heavy atom. The van der Waals surface area contributed by atoms with Crippen molar-refractivity contribution in [2.24, 2.45) is 5.92 Å². The van der Waals surface area contributed by atoms with Gasteiger partial charge in [-0.25, -0.2) is 4.98 Å². The molecule has 0 saturated heterocycles. The molecule has 1 fully saturated rings. The lowest BCUT2D eigenvalue weighted by molar-refractivity contribution is -0.145. The number of carbonyl (C=O) groups is 2. The highest BCUT2D eigenvalue weighted by molar-refractivity contribution is 5.94. The second kappa shape index (κ2) is 6.70.